The number of carbonyl (C=O) groups is 1. The zero-order valence-electron chi connectivity index (χ0n) is 15.7. The van der Waals surface area contributed by atoms with Gasteiger partial charge in [0.25, 0.3) is 5.91 Å². The molecule has 7 heteroatoms. The molecule has 0 saturated carbocycles. The predicted octanol–water partition coefficient (Wildman–Crippen LogP) is 3.63. The van der Waals surface area contributed by atoms with Gasteiger partial charge in [-0.3, -0.25) is 9.48 Å². The molecule has 0 spiro atoms. The lowest BCUT2D eigenvalue weighted by atomic mass is 10.2. The molecule has 3 heterocycles. The van der Waals surface area contributed by atoms with E-state index in [0.717, 1.165) is 28.2 Å². The van der Waals surface area contributed by atoms with E-state index in [4.69, 9.17) is 9.47 Å². The fraction of sp³-hybridized carbons (Fsp3) is 0.400. The smallest absolute Gasteiger partial charge is 0.261 e. The Labute approximate surface area is 162 Å². The van der Waals surface area contributed by atoms with Crippen molar-refractivity contribution in [2.45, 2.75) is 33.4 Å². The third kappa shape index (κ3) is 3.64. The minimum absolute atomic E-state index is 0.0887. The van der Waals surface area contributed by atoms with Crippen molar-refractivity contribution < 1.29 is 14.3 Å². The first kappa shape index (κ1) is 17.9. The van der Waals surface area contributed by atoms with Gasteiger partial charge in [-0.1, -0.05) is 26.0 Å². The maximum absolute atomic E-state index is 12.6. The van der Waals surface area contributed by atoms with Gasteiger partial charge in [0.05, 0.1) is 17.1 Å². The summed E-state index contributed by atoms with van der Waals surface area (Å²) in [5, 5.41) is 8.61. The van der Waals surface area contributed by atoms with E-state index in [-0.39, 0.29) is 12.0 Å². The van der Waals surface area contributed by atoms with Gasteiger partial charge in [0.1, 0.15) is 17.5 Å². The fourth-order valence-electron chi connectivity index (χ4n) is 3.15. The number of aromatic nitrogens is 2. The Morgan fingerprint density at radius 1 is 1.37 bits per heavy atom. The molecule has 0 saturated heterocycles. The molecule has 6 nitrogen and oxygen atoms in total. The minimum atomic E-state index is -0.198. The van der Waals surface area contributed by atoms with Gasteiger partial charge in [0.2, 0.25) is 0 Å². The van der Waals surface area contributed by atoms with Crippen LogP contribution in [-0.2, 0) is 6.54 Å². The van der Waals surface area contributed by atoms with Crippen molar-refractivity contribution in [1.29, 1.82) is 0 Å². The molecular formula is C20H23N3O3S. The molecule has 1 atom stereocenters. The predicted molar refractivity (Wildman–Crippen MR) is 106 cm³/mol. The fourth-order valence-corrected chi connectivity index (χ4v) is 4.24. The molecule has 1 aliphatic heterocycles. The Hall–Kier alpha value is -2.54. The van der Waals surface area contributed by atoms with Gasteiger partial charge in [-0.15, -0.1) is 11.3 Å². The van der Waals surface area contributed by atoms with E-state index < -0.39 is 0 Å². The van der Waals surface area contributed by atoms with Gasteiger partial charge >= 0.3 is 0 Å². The monoisotopic (exact) mass is 385 g/mol. The summed E-state index contributed by atoms with van der Waals surface area (Å²) >= 11 is 1.49. The molecule has 27 heavy (non-hydrogen) atoms. The third-order valence-electron chi connectivity index (χ3n) is 4.43. The van der Waals surface area contributed by atoms with Crippen LogP contribution in [0.3, 0.4) is 0 Å². The van der Waals surface area contributed by atoms with E-state index in [1.54, 1.807) is 0 Å². The molecule has 142 valence electrons. The Morgan fingerprint density at radius 3 is 2.93 bits per heavy atom. The number of aryl methyl sites for hydroxylation is 1. The second-order valence-corrected chi connectivity index (χ2v) is 8.23. The number of hydrogen-bond donors (Lipinski definition) is 1. The number of fused-ring (bicyclic) bond motifs is 2. The number of rotatable bonds is 5. The number of para-hydroxylation sites is 2. The molecule has 2 aromatic heterocycles. The molecule has 0 radical (unpaired) electrons. The Balaban J connectivity index is 1.43. The summed E-state index contributed by atoms with van der Waals surface area (Å²) in [5.41, 5.74) is 0.960. The Bertz CT molecular complexity index is 976. The second kappa shape index (κ2) is 7.23. The van der Waals surface area contributed by atoms with E-state index in [9.17, 15) is 4.79 Å². The van der Waals surface area contributed by atoms with E-state index in [1.807, 2.05) is 41.9 Å². The van der Waals surface area contributed by atoms with Crippen molar-refractivity contribution in [2.24, 2.45) is 5.92 Å². The van der Waals surface area contributed by atoms with Crippen molar-refractivity contribution in [2.75, 3.05) is 13.2 Å². The van der Waals surface area contributed by atoms with Crippen molar-refractivity contribution >= 4 is 27.5 Å². The molecule has 0 aliphatic carbocycles. The number of hydrogen-bond acceptors (Lipinski definition) is 5. The van der Waals surface area contributed by atoms with Gasteiger partial charge in [0.15, 0.2) is 11.5 Å². The average molecular weight is 385 g/mol. The Kier molecular flexibility index (Phi) is 4.78. The number of benzene rings is 1. The normalized spacial score (nSPS) is 16.1. The first-order chi connectivity index (χ1) is 13.0. The summed E-state index contributed by atoms with van der Waals surface area (Å²) in [7, 11) is 0. The highest BCUT2D eigenvalue weighted by molar-refractivity contribution is 7.20. The third-order valence-corrected chi connectivity index (χ3v) is 5.57. The molecule has 1 amide bonds. The van der Waals surface area contributed by atoms with Crippen LogP contribution in [0, 0.1) is 12.8 Å². The van der Waals surface area contributed by atoms with Crippen LogP contribution in [0.1, 0.15) is 29.2 Å². The number of amides is 1. The molecule has 1 N–H and O–H groups in total. The van der Waals surface area contributed by atoms with Crippen LogP contribution in [0.25, 0.3) is 10.2 Å². The van der Waals surface area contributed by atoms with Crippen molar-refractivity contribution in [1.82, 2.24) is 15.1 Å². The lowest BCUT2D eigenvalue weighted by Gasteiger charge is -2.26. The van der Waals surface area contributed by atoms with E-state index >= 15 is 0 Å². The maximum Gasteiger partial charge on any atom is 0.261 e. The molecule has 1 aliphatic rings. The Morgan fingerprint density at radius 2 is 2.15 bits per heavy atom. The molecule has 0 unspecified atom stereocenters. The quantitative estimate of drug-likeness (QED) is 0.728. The zero-order valence-corrected chi connectivity index (χ0v) is 16.5. The minimum Gasteiger partial charge on any atom is -0.486 e. The van der Waals surface area contributed by atoms with Gasteiger partial charge in [-0.25, -0.2) is 0 Å². The largest absolute Gasteiger partial charge is 0.486 e. The first-order valence-corrected chi connectivity index (χ1v) is 9.96. The summed E-state index contributed by atoms with van der Waals surface area (Å²) in [4.78, 5) is 14.4. The number of nitrogens with zero attached hydrogens (tertiary/aromatic N) is 2. The van der Waals surface area contributed by atoms with Crippen LogP contribution >= 0.6 is 11.3 Å². The van der Waals surface area contributed by atoms with Gasteiger partial charge in [-0.05, 0) is 31.0 Å². The van der Waals surface area contributed by atoms with E-state index in [1.165, 1.54) is 11.3 Å². The molecular weight excluding hydrogens is 362 g/mol. The van der Waals surface area contributed by atoms with Gasteiger partial charge in [0, 0.05) is 11.9 Å². The number of nitrogens with one attached hydrogen (secondary N) is 1. The van der Waals surface area contributed by atoms with Crippen LogP contribution in [0.2, 0.25) is 0 Å². The highest BCUT2D eigenvalue weighted by Gasteiger charge is 2.22. The summed E-state index contributed by atoms with van der Waals surface area (Å²) in [6.07, 6.45) is -0.198. The van der Waals surface area contributed by atoms with Gasteiger partial charge < -0.3 is 14.8 Å². The van der Waals surface area contributed by atoms with Crippen LogP contribution < -0.4 is 14.8 Å². The number of ether oxygens (including phenoxy) is 2. The molecule has 1 aromatic carbocycles. The van der Waals surface area contributed by atoms with Crippen molar-refractivity contribution in [3.8, 4) is 11.5 Å². The summed E-state index contributed by atoms with van der Waals surface area (Å²) in [6.45, 7) is 7.98. The van der Waals surface area contributed by atoms with Crippen LogP contribution in [0.15, 0.2) is 30.3 Å². The van der Waals surface area contributed by atoms with Crippen LogP contribution in [0.4, 0.5) is 0 Å². The van der Waals surface area contributed by atoms with Crippen molar-refractivity contribution in [3.05, 3.63) is 40.9 Å². The van der Waals surface area contributed by atoms with E-state index in [0.29, 0.717) is 29.7 Å². The number of thiophene rings is 1. The van der Waals surface area contributed by atoms with Crippen molar-refractivity contribution in [3.63, 3.8) is 0 Å². The van der Waals surface area contributed by atoms with Gasteiger partial charge in [-0.2, -0.15) is 5.10 Å². The number of carbonyl (C=O) groups excluding carboxylic acids is 1. The molecule has 4 rings (SSSR count). The highest BCUT2D eigenvalue weighted by atomic mass is 32.1. The van der Waals surface area contributed by atoms with Crippen LogP contribution in [-0.4, -0.2) is 34.9 Å². The topological polar surface area (TPSA) is 65.4 Å². The van der Waals surface area contributed by atoms with E-state index in [2.05, 4.69) is 24.3 Å². The summed E-state index contributed by atoms with van der Waals surface area (Å²) in [6, 6.07) is 9.50. The summed E-state index contributed by atoms with van der Waals surface area (Å²) < 4.78 is 13.6. The SMILES string of the molecule is Cc1nn(CC(C)C)c2sc(C(=O)NC[C@@H]3COc4ccccc4O3)cc12. The molecule has 3 aromatic rings. The highest BCUT2D eigenvalue weighted by Crippen LogP contribution is 2.31. The molecule has 0 fully saturated rings. The first-order valence-electron chi connectivity index (χ1n) is 9.15. The standard InChI is InChI=1S/C20H23N3O3S/c1-12(2)10-23-20-15(13(3)22-23)8-18(27-20)19(24)21-9-14-11-25-16-6-4-5-7-17(16)26-14/h4-8,12,14H,9-11H2,1-3H3,(H,21,24)/t14-/m1/s1. The lowest BCUT2D eigenvalue weighted by molar-refractivity contribution is 0.0791. The second-order valence-electron chi connectivity index (χ2n) is 7.20. The maximum atomic E-state index is 12.6. The average Bonchev–Trinajstić information content (AvgIpc) is 3.21. The van der Waals surface area contributed by atoms with Crippen LogP contribution in [0.5, 0.6) is 11.5 Å². The summed E-state index contributed by atoms with van der Waals surface area (Å²) in [5.74, 6) is 1.87. The lowest BCUT2D eigenvalue weighted by Crippen LogP contribution is -2.40. The zero-order chi connectivity index (χ0) is 19.0. The molecule has 0 bridgehead atoms.